The van der Waals surface area contributed by atoms with Crippen molar-refractivity contribution >= 4 is 0 Å². The Morgan fingerprint density at radius 1 is 0.591 bits per heavy atom. The van der Waals surface area contributed by atoms with E-state index in [1.165, 1.54) is 26.0 Å². The fourth-order valence-electron chi connectivity index (χ4n) is 2.28. The van der Waals surface area contributed by atoms with E-state index in [9.17, 15) is 26.3 Å². The van der Waals surface area contributed by atoms with Gasteiger partial charge in [0.25, 0.3) is 0 Å². The molecule has 0 unspecified atom stereocenters. The lowest BCUT2D eigenvalue weighted by Gasteiger charge is -2.14. The molecule has 0 heterocycles. The van der Waals surface area contributed by atoms with Crippen LogP contribution in [0.25, 0.3) is 11.1 Å². The molecule has 118 valence electrons. The molecule has 0 amide bonds. The molecular weight excluding hydrogens is 306 g/mol. The molecule has 2 rings (SSSR count). The fourth-order valence-corrected chi connectivity index (χ4v) is 2.28. The predicted molar refractivity (Wildman–Crippen MR) is 71.4 cm³/mol. The minimum absolute atomic E-state index is 0.359. The Kier molecular flexibility index (Phi) is 3.98. The second-order valence-corrected chi connectivity index (χ2v) is 5.05. The van der Waals surface area contributed by atoms with Crippen molar-refractivity contribution < 1.29 is 26.3 Å². The second-order valence-electron chi connectivity index (χ2n) is 5.05. The number of hydrogen-bond donors (Lipinski definition) is 0. The lowest BCUT2D eigenvalue weighted by Crippen LogP contribution is -2.06. The van der Waals surface area contributed by atoms with Crippen LogP contribution in [0.2, 0.25) is 0 Å². The molecule has 0 spiro atoms. The van der Waals surface area contributed by atoms with Crippen molar-refractivity contribution in [1.82, 2.24) is 0 Å². The highest BCUT2D eigenvalue weighted by Crippen LogP contribution is 2.36. The molecule has 0 aliphatic heterocycles. The first kappa shape index (κ1) is 16.4. The Balaban J connectivity index is 2.49. The Hall–Kier alpha value is -1.98. The monoisotopic (exact) mass is 318 g/mol. The average Bonchev–Trinajstić information content (AvgIpc) is 2.37. The summed E-state index contributed by atoms with van der Waals surface area (Å²) < 4.78 is 75.8. The second kappa shape index (κ2) is 5.34. The zero-order valence-corrected chi connectivity index (χ0v) is 11.7. The molecule has 6 heteroatoms. The van der Waals surface area contributed by atoms with Crippen molar-refractivity contribution in [2.45, 2.75) is 26.2 Å². The van der Waals surface area contributed by atoms with Crippen LogP contribution in [0.3, 0.4) is 0 Å². The van der Waals surface area contributed by atoms with E-state index in [0.717, 1.165) is 24.3 Å². The maximum absolute atomic E-state index is 12.6. The molecule has 0 fully saturated rings. The maximum atomic E-state index is 12.6. The Labute approximate surface area is 123 Å². The molecule has 0 nitrogen and oxygen atoms in total. The van der Waals surface area contributed by atoms with Gasteiger partial charge in [-0.2, -0.15) is 26.3 Å². The van der Waals surface area contributed by atoms with Gasteiger partial charge in [0.05, 0.1) is 11.1 Å². The molecule has 0 N–H and O–H groups in total. The van der Waals surface area contributed by atoms with E-state index < -0.39 is 23.5 Å². The zero-order chi connectivity index (χ0) is 16.7. The number of alkyl halides is 6. The van der Waals surface area contributed by atoms with Gasteiger partial charge in [-0.1, -0.05) is 12.1 Å². The van der Waals surface area contributed by atoms with Gasteiger partial charge in [0.15, 0.2) is 0 Å². The first-order chi connectivity index (χ1) is 10.00. The molecule has 0 radical (unpaired) electrons. The Morgan fingerprint density at radius 3 is 1.14 bits per heavy atom. The number of aryl methyl sites for hydroxylation is 2. The first-order valence-corrected chi connectivity index (χ1v) is 6.36. The molecule has 0 atom stereocenters. The van der Waals surface area contributed by atoms with Crippen LogP contribution in [-0.2, 0) is 12.4 Å². The van der Waals surface area contributed by atoms with Crippen LogP contribution in [0.15, 0.2) is 36.4 Å². The summed E-state index contributed by atoms with van der Waals surface area (Å²) in [7, 11) is 0. The maximum Gasteiger partial charge on any atom is 0.416 e. The van der Waals surface area contributed by atoms with Crippen LogP contribution in [-0.4, -0.2) is 0 Å². The van der Waals surface area contributed by atoms with Gasteiger partial charge in [-0.25, -0.2) is 0 Å². The summed E-state index contributed by atoms with van der Waals surface area (Å²) in [6.07, 6.45) is -8.89. The van der Waals surface area contributed by atoms with E-state index in [1.54, 1.807) is 0 Å². The average molecular weight is 318 g/mol. The van der Waals surface area contributed by atoms with Gasteiger partial charge in [0.2, 0.25) is 0 Å². The zero-order valence-electron chi connectivity index (χ0n) is 11.7. The summed E-state index contributed by atoms with van der Waals surface area (Å²) in [6.45, 7) is 3.00. The van der Waals surface area contributed by atoms with E-state index in [0.29, 0.717) is 22.3 Å². The molecule has 0 aromatic heterocycles. The van der Waals surface area contributed by atoms with Gasteiger partial charge in [-0.3, -0.25) is 0 Å². The summed E-state index contributed by atoms with van der Waals surface area (Å²) in [6, 6.07) is 6.42. The van der Waals surface area contributed by atoms with Crippen molar-refractivity contribution in [3.05, 3.63) is 58.7 Å². The molecule has 2 aromatic carbocycles. The van der Waals surface area contributed by atoms with Crippen molar-refractivity contribution in [1.29, 1.82) is 0 Å². The topological polar surface area (TPSA) is 0 Å². The highest BCUT2D eigenvalue weighted by molar-refractivity contribution is 5.71. The molecule has 0 saturated carbocycles. The standard InChI is InChI=1S/C16H12F6/c1-9-7-11(15(17,18)19)3-5-13(9)14-6-4-12(8-10(14)2)16(20,21)22/h3-8H,1-2H3. The molecule has 2 aromatic rings. The Morgan fingerprint density at radius 2 is 0.909 bits per heavy atom. The molecule has 0 saturated heterocycles. The molecule has 0 aliphatic carbocycles. The van der Waals surface area contributed by atoms with E-state index in [-0.39, 0.29) is 0 Å². The van der Waals surface area contributed by atoms with Crippen molar-refractivity contribution in [2.24, 2.45) is 0 Å². The van der Waals surface area contributed by atoms with Crippen molar-refractivity contribution in [3.8, 4) is 11.1 Å². The van der Waals surface area contributed by atoms with Gasteiger partial charge in [-0.15, -0.1) is 0 Å². The molecule has 22 heavy (non-hydrogen) atoms. The molecule has 0 bridgehead atoms. The minimum atomic E-state index is -4.45. The van der Waals surface area contributed by atoms with Crippen LogP contribution in [0.4, 0.5) is 26.3 Å². The summed E-state index contributed by atoms with van der Waals surface area (Å²) in [5, 5.41) is 0. The van der Waals surface area contributed by atoms with Gasteiger partial charge in [0.1, 0.15) is 0 Å². The van der Waals surface area contributed by atoms with Gasteiger partial charge in [-0.05, 0) is 60.4 Å². The normalized spacial score (nSPS) is 12.5. The van der Waals surface area contributed by atoms with Crippen LogP contribution >= 0.6 is 0 Å². The summed E-state index contributed by atoms with van der Waals surface area (Å²) >= 11 is 0. The van der Waals surface area contributed by atoms with E-state index >= 15 is 0 Å². The smallest absolute Gasteiger partial charge is 0.166 e. The van der Waals surface area contributed by atoms with Crippen LogP contribution < -0.4 is 0 Å². The summed E-state index contributed by atoms with van der Waals surface area (Å²) in [4.78, 5) is 0. The van der Waals surface area contributed by atoms with E-state index in [2.05, 4.69) is 0 Å². The number of benzene rings is 2. The number of rotatable bonds is 1. The highest BCUT2D eigenvalue weighted by Gasteiger charge is 2.32. The quantitative estimate of drug-likeness (QED) is 0.565. The highest BCUT2D eigenvalue weighted by atomic mass is 19.4. The third kappa shape index (κ3) is 3.26. The van der Waals surface area contributed by atoms with Crippen LogP contribution in [0.5, 0.6) is 0 Å². The summed E-state index contributed by atoms with van der Waals surface area (Å²) in [5.74, 6) is 0. The van der Waals surface area contributed by atoms with Crippen molar-refractivity contribution in [2.75, 3.05) is 0 Å². The predicted octanol–water partition coefficient (Wildman–Crippen LogP) is 6.01. The fraction of sp³-hybridized carbons (Fsp3) is 0.250. The lowest BCUT2D eigenvalue weighted by atomic mass is 9.94. The lowest BCUT2D eigenvalue weighted by molar-refractivity contribution is -0.138. The third-order valence-electron chi connectivity index (χ3n) is 3.40. The number of hydrogen-bond acceptors (Lipinski definition) is 0. The van der Waals surface area contributed by atoms with Crippen molar-refractivity contribution in [3.63, 3.8) is 0 Å². The van der Waals surface area contributed by atoms with Gasteiger partial charge < -0.3 is 0 Å². The SMILES string of the molecule is Cc1cc(C(F)(F)F)ccc1-c1ccc(C(F)(F)F)cc1C. The third-order valence-corrected chi connectivity index (χ3v) is 3.40. The van der Waals surface area contributed by atoms with Crippen LogP contribution in [0.1, 0.15) is 22.3 Å². The minimum Gasteiger partial charge on any atom is -0.166 e. The van der Waals surface area contributed by atoms with Crippen LogP contribution in [0, 0.1) is 13.8 Å². The largest absolute Gasteiger partial charge is 0.416 e. The Bertz CT molecular complexity index is 633. The van der Waals surface area contributed by atoms with E-state index in [1.807, 2.05) is 0 Å². The number of halogens is 6. The summed E-state index contributed by atoms with van der Waals surface area (Å²) in [5.41, 5.74) is 0.130. The first-order valence-electron chi connectivity index (χ1n) is 6.36. The molecular formula is C16H12F6. The van der Waals surface area contributed by atoms with Gasteiger partial charge in [0, 0.05) is 0 Å². The van der Waals surface area contributed by atoms with Gasteiger partial charge >= 0.3 is 12.4 Å². The van der Waals surface area contributed by atoms with E-state index in [4.69, 9.17) is 0 Å². The molecule has 0 aliphatic rings.